The van der Waals surface area contributed by atoms with Crippen LogP contribution in [-0.4, -0.2) is 67.7 Å². The second-order valence-electron chi connectivity index (χ2n) is 14.1. The number of nitrogens with two attached hydrogens (primary N) is 1. The maximum absolute atomic E-state index is 14.1. The predicted octanol–water partition coefficient (Wildman–Crippen LogP) is 4.64. The molecule has 1 saturated heterocycles. The molecule has 10 nitrogen and oxygen atoms in total. The molecule has 5 fully saturated rings. The van der Waals surface area contributed by atoms with Crippen LogP contribution in [0.15, 0.2) is 30.3 Å². The monoisotopic (exact) mass is 613 g/mol. The van der Waals surface area contributed by atoms with Gasteiger partial charge in [-0.05, 0) is 88.1 Å². The summed E-state index contributed by atoms with van der Waals surface area (Å²) in [5.41, 5.74) is 9.13. The third-order valence-corrected chi connectivity index (χ3v) is 10.5. The lowest BCUT2D eigenvalue weighted by molar-refractivity contribution is -0.214. The minimum absolute atomic E-state index is 0.00609. The summed E-state index contributed by atoms with van der Waals surface area (Å²) in [6.45, 7) is 3.99. The largest absolute Gasteiger partial charge is 0.494 e. The molecule has 4 heterocycles. The fourth-order valence-corrected chi connectivity index (χ4v) is 7.84. The van der Waals surface area contributed by atoms with Gasteiger partial charge < -0.3 is 29.8 Å². The first-order chi connectivity index (χ1) is 21.6. The quantitative estimate of drug-likeness (QED) is 0.299. The van der Waals surface area contributed by atoms with Crippen LogP contribution in [0.4, 0.5) is 4.39 Å². The second-order valence-corrected chi connectivity index (χ2v) is 14.1. The summed E-state index contributed by atoms with van der Waals surface area (Å²) in [5.74, 6) is 1.80. The summed E-state index contributed by atoms with van der Waals surface area (Å²) < 4.78 is 24.1. The number of halogens is 1. The van der Waals surface area contributed by atoms with Gasteiger partial charge in [-0.1, -0.05) is 0 Å². The number of pyridine rings is 1. The van der Waals surface area contributed by atoms with E-state index in [4.69, 9.17) is 20.4 Å². The van der Waals surface area contributed by atoms with Crippen LogP contribution in [0.2, 0.25) is 0 Å². The van der Waals surface area contributed by atoms with Gasteiger partial charge in [0.25, 0.3) is 5.91 Å². The van der Waals surface area contributed by atoms with Crippen molar-refractivity contribution in [2.75, 3.05) is 20.2 Å². The van der Waals surface area contributed by atoms with Crippen LogP contribution >= 0.6 is 0 Å². The Morgan fingerprint density at radius 3 is 2.62 bits per heavy atom. The molecular weight excluding hydrogens is 573 g/mol. The molecule has 2 bridgehead atoms. The number of ether oxygens (including phenoxy) is 1. The number of nitrogens with one attached hydrogen (secondary N) is 1. The van der Waals surface area contributed by atoms with Crippen LogP contribution in [0, 0.1) is 11.3 Å². The van der Waals surface area contributed by atoms with Crippen LogP contribution < -0.4 is 15.8 Å². The zero-order valence-electron chi connectivity index (χ0n) is 26.1. The summed E-state index contributed by atoms with van der Waals surface area (Å²) in [5, 5.41) is 4.09. The number of carbonyl (C=O) groups is 2. The van der Waals surface area contributed by atoms with E-state index in [9.17, 15) is 14.0 Å². The van der Waals surface area contributed by atoms with Gasteiger partial charge in [-0.15, -0.1) is 0 Å². The molecule has 0 radical (unpaired) electrons. The highest BCUT2D eigenvalue weighted by molar-refractivity contribution is 6.00. The zero-order valence-corrected chi connectivity index (χ0v) is 26.1. The Hall–Kier alpha value is -3.99. The maximum Gasteiger partial charge on any atom is 0.254 e. The van der Waals surface area contributed by atoms with Gasteiger partial charge in [0, 0.05) is 43.7 Å². The van der Waals surface area contributed by atoms with Crippen molar-refractivity contribution in [1.29, 1.82) is 0 Å². The van der Waals surface area contributed by atoms with E-state index in [1.807, 2.05) is 41.6 Å². The number of alkyl halides is 1. The van der Waals surface area contributed by atoms with Crippen LogP contribution in [0.25, 0.3) is 33.6 Å². The van der Waals surface area contributed by atoms with E-state index in [-0.39, 0.29) is 23.9 Å². The number of likely N-dealkylation sites (tertiary alicyclic amines) is 1. The molecule has 11 heteroatoms. The molecule has 0 unspecified atom stereocenters. The second kappa shape index (κ2) is 10.0. The summed E-state index contributed by atoms with van der Waals surface area (Å²) in [6, 6.07) is 9.48. The molecule has 9 rings (SSSR count). The van der Waals surface area contributed by atoms with E-state index in [0.717, 1.165) is 53.1 Å². The molecule has 3 aromatic heterocycles. The van der Waals surface area contributed by atoms with Crippen molar-refractivity contribution >= 4 is 33.9 Å². The predicted molar refractivity (Wildman–Crippen MR) is 169 cm³/mol. The Kier molecular flexibility index (Phi) is 6.33. The summed E-state index contributed by atoms with van der Waals surface area (Å²) in [7, 11) is 3.59. The smallest absolute Gasteiger partial charge is 0.254 e. The number of amides is 2. The molecule has 45 heavy (non-hydrogen) atoms. The molecule has 3 N–H and O–H groups in total. The van der Waals surface area contributed by atoms with E-state index in [1.54, 1.807) is 13.2 Å². The summed E-state index contributed by atoms with van der Waals surface area (Å²) in [4.78, 5) is 38.4. The number of benzene rings is 1. The van der Waals surface area contributed by atoms with Crippen LogP contribution in [0.5, 0.6) is 5.75 Å². The first-order valence-electron chi connectivity index (χ1n) is 16.2. The van der Waals surface area contributed by atoms with Gasteiger partial charge in [-0.2, -0.15) is 0 Å². The number of nitrogens with zero attached hydrogens (tertiary/aromatic N) is 5. The SMILES string of the molecule is COc1cc(C(=O)N2CCC[C@@H](N)C2)cc2nc(-c3cc4ccc([C@@H](C)NC(=O)C56CC(F)(C5)C6)nc4n3CC3CC3)n(C)c12. The number of hydrogen-bond donors (Lipinski definition) is 2. The maximum atomic E-state index is 14.1. The topological polar surface area (TPSA) is 120 Å². The molecule has 4 aromatic rings. The lowest BCUT2D eigenvalue weighted by atomic mass is 9.42. The fourth-order valence-electron chi connectivity index (χ4n) is 7.84. The molecule has 1 aliphatic heterocycles. The number of aryl methyl sites for hydroxylation is 1. The Balaban J connectivity index is 1.15. The molecule has 5 aliphatic rings. The van der Waals surface area contributed by atoms with Crippen molar-refractivity contribution in [3.05, 3.63) is 41.6 Å². The van der Waals surface area contributed by atoms with E-state index < -0.39 is 11.1 Å². The lowest BCUT2D eigenvalue weighted by Gasteiger charge is -2.64. The number of piperidine rings is 1. The minimum Gasteiger partial charge on any atom is -0.494 e. The van der Waals surface area contributed by atoms with Crippen molar-refractivity contribution in [1.82, 2.24) is 29.3 Å². The number of imidazole rings is 1. The number of fused-ring (bicyclic) bond motifs is 2. The summed E-state index contributed by atoms with van der Waals surface area (Å²) in [6.07, 6.45) is 5.18. The van der Waals surface area contributed by atoms with E-state index in [1.165, 1.54) is 12.8 Å². The van der Waals surface area contributed by atoms with Gasteiger partial charge in [0.15, 0.2) is 5.82 Å². The Labute approximate surface area is 261 Å². The highest BCUT2D eigenvalue weighted by atomic mass is 19.1. The van der Waals surface area contributed by atoms with Crippen molar-refractivity contribution in [3.63, 3.8) is 0 Å². The van der Waals surface area contributed by atoms with Crippen molar-refractivity contribution in [2.45, 2.75) is 76.2 Å². The first kappa shape index (κ1) is 28.5. The standard InChI is InChI=1S/C34H40FN7O3/c1-19(37-32(44)33-16-34(35,17-33)18-33)24-9-8-21-12-26(42(29(21)38-24)14-20-6-7-20)30-39-25-11-22(13-27(45-3)28(25)40(30)2)31(43)41-10-4-5-23(36)15-41/h8-9,11-13,19-20,23H,4-7,10,14-18,36H2,1-3H3,(H,37,44)/t19-,23-,33?,34?/m1/s1. The number of rotatable bonds is 8. The van der Waals surface area contributed by atoms with Gasteiger partial charge in [0.1, 0.15) is 22.6 Å². The van der Waals surface area contributed by atoms with Crippen molar-refractivity contribution in [3.8, 4) is 17.3 Å². The third-order valence-electron chi connectivity index (χ3n) is 10.5. The zero-order chi connectivity index (χ0) is 31.2. The molecule has 2 atom stereocenters. The Morgan fingerprint density at radius 1 is 1.16 bits per heavy atom. The van der Waals surface area contributed by atoms with Crippen LogP contribution in [0.1, 0.15) is 74.0 Å². The van der Waals surface area contributed by atoms with Crippen LogP contribution in [-0.2, 0) is 18.4 Å². The molecule has 0 spiro atoms. The van der Waals surface area contributed by atoms with E-state index in [2.05, 4.69) is 16.0 Å². The number of hydrogen-bond acceptors (Lipinski definition) is 6. The molecule has 4 aliphatic carbocycles. The van der Waals surface area contributed by atoms with Crippen molar-refractivity contribution < 1.29 is 18.7 Å². The number of aromatic nitrogens is 4. The number of methoxy groups -OCH3 is 1. The highest BCUT2D eigenvalue weighted by Gasteiger charge is 2.72. The molecule has 1 aromatic carbocycles. The third kappa shape index (κ3) is 4.61. The van der Waals surface area contributed by atoms with Gasteiger partial charge in [-0.25, -0.2) is 14.4 Å². The molecular formula is C34H40FN7O3. The first-order valence-corrected chi connectivity index (χ1v) is 16.2. The fraction of sp³-hybridized carbons (Fsp3) is 0.529. The Bertz CT molecular complexity index is 1850. The van der Waals surface area contributed by atoms with Crippen LogP contribution in [0.3, 0.4) is 0 Å². The summed E-state index contributed by atoms with van der Waals surface area (Å²) >= 11 is 0. The van der Waals surface area contributed by atoms with Gasteiger partial charge >= 0.3 is 0 Å². The van der Waals surface area contributed by atoms with Gasteiger partial charge in [-0.3, -0.25) is 9.59 Å². The van der Waals surface area contributed by atoms with Gasteiger partial charge in [0.2, 0.25) is 5.91 Å². The average molecular weight is 614 g/mol. The molecule has 2 amide bonds. The average Bonchev–Trinajstić information content (AvgIpc) is 3.67. The van der Waals surface area contributed by atoms with Gasteiger partial charge in [0.05, 0.1) is 35.5 Å². The normalized spacial score (nSPS) is 26.4. The van der Waals surface area contributed by atoms with E-state index in [0.29, 0.717) is 55.1 Å². The number of carbonyl (C=O) groups excluding carboxylic acids is 2. The minimum atomic E-state index is -1.11. The molecule has 4 saturated carbocycles. The van der Waals surface area contributed by atoms with Crippen molar-refractivity contribution in [2.24, 2.45) is 24.1 Å². The molecule has 236 valence electrons. The van der Waals surface area contributed by atoms with E-state index >= 15 is 0 Å². The Morgan fingerprint density at radius 2 is 1.93 bits per heavy atom. The highest BCUT2D eigenvalue weighted by Crippen LogP contribution is 2.69. The lowest BCUT2D eigenvalue weighted by Crippen LogP contribution is -2.70.